The molecule has 0 unspecified atom stereocenters. The number of carboxylic acid groups (broad SMARTS) is 1. The molecule has 7 heteroatoms. The number of fused-ring (bicyclic) bond motifs is 2. The highest BCUT2D eigenvalue weighted by atomic mass is 17.3. The van der Waals surface area contributed by atoms with Crippen molar-refractivity contribution in [2.75, 3.05) is 6.61 Å². The van der Waals surface area contributed by atoms with Gasteiger partial charge in [0.25, 0.3) is 0 Å². The van der Waals surface area contributed by atoms with Gasteiger partial charge < -0.3 is 19.3 Å². The Morgan fingerprint density at radius 3 is 2.73 bits per heavy atom. The molecule has 2 bridgehead atoms. The summed E-state index contributed by atoms with van der Waals surface area (Å²) in [6.45, 7) is 8.02. The number of hydrogen-bond acceptors (Lipinski definition) is 6. The van der Waals surface area contributed by atoms with Crippen molar-refractivity contribution in [2.24, 2.45) is 29.6 Å². The molecule has 0 radical (unpaired) electrons. The van der Waals surface area contributed by atoms with E-state index in [1.165, 1.54) is 0 Å². The maximum Gasteiger partial charge on any atom is 0.308 e. The van der Waals surface area contributed by atoms with Crippen LogP contribution in [0.15, 0.2) is 0 Å². The van der Waals surface area contributed by atoms with Gasteiger partial charge in [0.05, 0.1) is 12.5 Å². The van der Waals surface area contributed by atoms with Crippen LogP contribution in [0.25, 0.3) is 0 Å². The van der Waals surface area contributed by atoms with Gasteiger partial charge in [-0.3, -0.25) is 4.79 Å². The van der Waals surface area contributed by atoms with E-state index in [-0.39, 0.29) is 18.4 Å². The summed E-state index contributed by atoms with van der Waals surface area (Å²) in [6.07, 6.45) is 2.83. The minimum Gasteiger partial charge on any atom is -0.481 e. The van der Waals surface area contributed by atoms with Crippen LogP contribution in [0.1, 0.15) is 53.4 Å². The molecule has 1 spiro atoms. The van der Waals surface area contributed by atoms with Gasteiger partial charge in [-0.2, -0.15) is 0 Å². The van der Waals surface area contributed by atoms with Crippen LogP contribution in [0.4, 0.5) is 0 Å². The predicted molar refractivity (Wildman–Crippen MR) is 89.6 cm³/mol. The predicted octanol–water partition coefficient (Wildman–Crippen LogP) is 2.93. The summed E-state index contributed by atoms with van der Waals surface area (Å²) < 4.78 is 18.4. The zero-order chi connectivity index (χ0) is 18.7. The minimum absolute atomic E-state index is 0.0666. The first-order valence-corrected chi connectivity index (χ1v) is 9.81. The quantitative estimate of drug-likeness (QED) is 0.762. The first-order chi connectivity index (χ1) is 12.3. The van der Waals surface area contributed by atoms with Crippen molar-refractivity contribution in [3.63, 3.8) is 0 Å². The number of ether oxygens (including phenoxy) is 3. The molecule has 4 saturated heterocycles. The van der Waals surface area contributed by atoms with Gasteiger partial charge in [0.1, 0.15) is 0 Å². The summed E-state index contributed by atoms with van der Waals surface area (Å²) in [5.74, 6) is -1.17. The summed E-state index contributed by atoms with van der Waals surface area (Å²) in [5.41, 5.74) is -0.606. The molecule has 9 atom stereocenters. The molecule has 5 fully saturated rings. The Labute approximate surface area is 154 Å². The summed E-state index contributed by atoms with van der Waals surface area (Å²) in [7, 11) is 0. The monoisotopic (exact) mass is 370 g/mol. The molecule has 0 aromatic rings. The van der Waals surface area contributed by atoms with Crippen LogP contribution < -0.4 is 0 Å². The molecular weight excluding hydrogens is 340 g/mol. The maximum absolute atomic E-state index is 11.1. The maximum atomic E-state index is 11.1. The van der Waals surface area contributed by atoms with Crippen molar-refractivity contribution < 1.29 is 33.9 Å². The van der Waals surface area contributed by atoms with Gasteiger partial charge in [0, 0.05) is 18.3 Å². The average Bonchev–Trinajstić information content (AvgIpc) is 2.82. The standard InChI is InChI=1S/C19H30O7/c1-10-5-6-14-12(3)16(22-9-11(2)15(20)21)23-17-19(14)13(10)7-8-18(4,24-17)25-26-19/h10-14,16-17H,5-9H2,1-4H3,(H,20,21)/t10-,11-,12-,13+,14+,16+,17-,18+,19-/m1/s1. The molecule has 1 N–H and O–H groups in total. The molecule has 0 aromatic heterocycles. The zero-order valence-corrected chi connectivity index (χ0v) is 16.0. The van der Waals surface area contributed by atoms with Crippen molar-refractivity contribution in [2.45, 2.75) is 77.3 Å². The van der Waals surface area contributed by atoms with Gasteiger partial charge >= 0.3 is 5.97 Å². The van der Waals surface area contributed by atoms with Gasteiger partial charge in [-0.1, -0.05) is 13.8 Å². The largest absolute Gasteiger partial charge is 0.481 e. The van der Waals surface area contributed by atoms with Crippen molar-refractivity contribution in [3.8, 4) is 0 Å². The highest BCUT2D eigenvalue weighted by Crippen LogP contribution is 2.60. The fourth-order valence-corrected chi connectivity index (χ4v) is 5.37. The second kappa shape index (κ2) is 6.41. The van der Waals surface area contributed by atoms with Gasteiger partial charge in [0.2, 0.25) is 5.79 Å². The topological polar surface area (TPSA) is 83.5 Å². The van der Waals surface area contributed by atoms with E-state index in [4.69, 9.17) is 29.1 Å². The van der Waals surface area contributed by atoms with E-state index >= 15 is 0 Å². The van der Waals surface area contributed by atoms with Crippen LogP contribution in [0.3, 0.4) is 0 Å². The molecule has 148 valence electrons. The van der Waals surface area contributed by atoms with Crippen LogP contribution in [0.2, 0.25) is 0 Å². The first-order valence-electron chi connectivity index (χ1n) is 9.81. The lowest BCUT2D eigenvalue weighted by Crippen LogP contribution is -2.70. The van der Waals surface area contributed by atoms with Gasteiger partial charge in [0.15, 0.2) is 18.2 Å². The van der Waals surface area contributed by atoms with E-state index in [0.29, 0.717) is 11.8 Å². The fourth-order valence-electron chi connectivity index (χ4n) is 5.37. The molecular formula is C19H30O7. The number of carbonyl (C=O) groups is 1. The minimum atomic E-state index is -0.870. The third kappa shape index (κ3) is 2.71. The molecule has 4 heterocycles. The Bertz CT molecular complexity index is 568. The Morgan fingerprint density at radius 2 is 2.00 bits per heavy atom. The molecule has 5 aliphatic rings. The summed E-state index contributed by atoms with van der Waals surface area (Å²) in [4.78, 5) is 22.9. The van der Waals surface area contributed by atoms with Gasteiger partial charge in [-0.15, -0.1) is 0 Å². The van der Waals surface area contributed by atoms with E-state index in [1.807, 2.05) is 6.92 Å². The third-order valence-electron chi connectivity index (χ3n) is 7.03. The Kier molecular flexibility index (Phi) is 4.59. The number of aliphatic carboxylic acids is 1. The number of carboxylic acids is 1. The molecule has 1 saturated carbocycles. The first kappa shape index (κ1) is 18.6. The van der Waals surface area contributed by atoms with Crippen LogP contribution in [-0.2, 0) is 28.8 Å². The summed E-state index contributed by atoms with van der Waals surface area (Å²) in [5, 5.41) is 9.11. The molecule has 0 aromatic carbocycles. The molecule has 5 rings (SSSR count). The lowest BCUT2D eigenvalue weighted by atomic mass is 9.58. The number of rotatable bonds is 4. The SMILES string of the molecule is C[C@H]1[C@@H](OC[C@@H](C)C(=O)O)O[C@@H]2O[C@]3(C)CC[C@H]4[C@H](C)CC[C@@H]1[C@@]24OO3. The molecule has 1 aliphatic carbocycles. The lowest BCUT2D eigenvalue weighted by Gasteiger charge is -2.60. The second-order valence-electron chi connectivity index (χ2n) is 8.85. The van der Waals surface area contributed by atoms with Crippen molar-refractivity contribution in [3.05, 3.63) is 0 Å². The second-order valence-corrected chi connectivity index (χ2v) is 8.85. The third-order valence-corrected chi connectivity index (χ3v) is 7.03. The summed E-state index contributed by atoms with van der Waals surface area (Å²) >= 11 is 0. The summed E-state index contributed by atoms with van der Waals surface area (Å²) in [6, 6.07) is 0. The highest BCUT2D eigenvalue weighted by molar-refractivity contribution is 5.69. The van der Waals surface area contributed by atoms with Crippen LogP contribution in [0.5, 0.6) is 0 Å². The smallest absolute Gasteiger partial charge is 0.308 e. The van der Waals surface area contributed by atoms with Crippen LogP contribution in [-0.4, -0.2) is 41.7 Å². The highest BCUT2D eigenvalue weighted by Gasteiger charge is 2.69. The molecule has 7 nitrogen and oxygen atoms in total. The van der Waals surface area contributed by atoms with Gasteiger partial charge in [-0.05, 0) is 44.9 Å². The van der Waals surface area contributed by atoms with Crippen molar-refractivity contribution in [1.82, 2.24) is 0 Å². The van der Waals surface area contributed by atoms with Crippen molar-refractivity contribution in [1.29, 1.82) is 0 Å². The van der Waals surface area contributed by atoms with Crippen LogP contribution >= 0.6 is 0 Å². The van der Waals surface area contributed by atoms with E-state index in [2.05, 4.69) is 13.8 Å². The fraction of sp³-hybridized carbons (Fsp3) is 0.947. The van der Waals surface area contributed by atoms with Crippen LogP contribution in [0, 0.1) is 29.6 Å². The Balaban J connectivity index is 1.61. The average molecular weight is 370 g/mol. The molecule has 4 aliphatic heterocycles. The lowest BCUT2D eigenvalue weighted by molar-refractivity contribution is -0.577. The van der Waals surface area contributed by atoms with E-state index < -0.39 is 35.9 Å². The molecule has 0 amide bonds. The number of hydrogen-bond donors (Lipinski definition) is 1. The van der Waals surface area contributed by atoms with Gasteiger partial charge in [-0.25, -0.2) is 9.78 Å². The Hall–Kier alpha value is -0.730. The normalized spacial score (nSPS) is 51.4. The van der Waals surface area contributed by atoms with E-state index in [1.54, 1.807) is 6.92 Å². The van der Waals surface area contributed by atoms with E-state index in [0.717, 1.165) is 25.7 Å². The van der Waals surface area contributed by atoms with E-state index in [9.17, 15) is 4.79 Å². The Morgan fingerprint density at radius 1 is 1.23 bits per heavy atom. The molecule has 26 heavy (non-hydrogen) atoms. The van der Waals surface area contributed by atoms with Crippen molar-refractivity contribution >= 4 is 5.97 Å². The zero-order valence-electron chi connectivity index (χ0n) is 16.0.